The van der Waals surface area contributed by atoms with E-state index >= 15 is 0 Å². The zero-order chi connectivity index (χ0) is 22.5. The fourth-order valence-corrected chi connectivity index (χ4v) is 4.29. The summed E-state index contributed by atoms with van der Waals surface area (Å²) in [5.74, 6) is -0.0647. The maximum absolute atomic E-state index is 12.9. The van der Waals surface area contributed by atoms with Crippen molar-refractivity contribution in [2.45, 2.75) is 33.2 Å². The number of fused-ring (bicyclic) bond motifs is 1. The zero-order valence-electron chi connectivity index (χ0n) is 18.9. The minimum Gasteiger partial charge on any atom is -0.378 e. The predicted octanol–water partition coefficient (Wildman–Crippen LogP) is 4.02. The van der Waals surface area contributed by atoms with Crippen molar-refractivity contribution in [2.24, 2.45) is 0 Å². The van der Waals surface area contributed by atoms with Crippen molar-refractivity contribution in [1.82, 2.24) is 4.90 Å². The van der Waals surface area contributed by atoms with Gasteiger partial charge >= 0.3 is 0 Å². The number of ether oxygens (including phenoxy) is 1. The second-order valence-corrected chi connectivity index (χ2v) is 8.36. The molecule has 2 aliphatic rings. The van der Waals surface area contributed by atoms with E-state index in [-0.39, 0.29) is 11.8 Å². The van der Waals surface area contributed by atoms with Crippen LogP contribution in [0.25, 0.3) is 0 Å². The number of rotatable bonds is 5. The Bertz CT molecular complexity index is 1010. The second kappa shape index (κ2) is 10.0. The molecule has 0 saturated carbocycles. The lowest BCUT2D eigenvalue weighted by molar-refractivity contribution is -0.128. The first-order valence-corrected chi connectivity index (χ1v) is 11.4. The minimum absolute atomic E-state index is 0.0766. The van der Waals surface area contributed by atoms with Crippen LogP contribution in [0.15, 0.2) is 54.1 Å². The van der Waals surface area contributed by atoms with Gasteiger partial charge in [-0.05, 0) is 67.3 Å². The Morgan fingerprint density at radius 3 is 2.50 bits per heavy atom. The summed E-state index contributed by atoms with van der Waals surface area (Å²) in [6, 6.07) is 13.7. The van der Waals surface area contributed by atoms with E-state index in [2.05, 4.69) is 10.2 Å². The summed E-state index contributed by atoms with van der Waals surface area (Å²) in [6.07, 6.45) is 3.62. The highest BCUT2D eigenvalue weighted by molar-refractivity contribution is 6.04. The third kappa shape index (κ3) is 5.02. The Kier molecular flexibility index (Phi) is 6.90. The largest absolute Gasteiger partial charge is 0.378 e. The summed E-state index contributed by atoms with van der Waals surface area (Å²) in [6.45, 7) is 8.41. The van der Waals surface area contributed by atoms with Gasteiger partial charge in [0.15, 0.2) is 0 Å². The molecule has 168 valence electrons. The van der Waals surface area contributed by atoms with E-state index < -0.39 is 0 Å². The lowest BCUT2D eigenvalue weighted by Gasteiger charge is -2.29. The molecule has 2 amide bonds. The maximum atomic E-state index is 12.9. The molecule has 6 nitrogen and oxygen atoms in total. The van der Waals surface area contributed by atoms with E-state index in [0.717, 1.165) is 61.7 Å². The van der Waals surface area contributed by atoms with E-state index in [1.54, 1.807) is 0 Å². The maximum Gasteiger partial charge on any atom is 0.255 e. The average Bonchev–Trinajstić information content (AvgIpc) is 2.84. The van der Waals surface area contributed by atoms with Gasteiger partial charge in [0.25, 0.3) is 5.91 Å². The molecule has 0 aromatic heterocycles. The van der Waals surface area contributed by atoms with Crippen LogP contribution >= 0.6 is 0 Å². The highest BCUT2D eigenvalue weighted by Gasteiger charge is 2.22. The number of carbonyl (C=O) groups is 2. The number of benzene rings is 2. The van der Waals surface area contributed by atoms with Gasteiger partial charge in [-0.3, -0.25) is 9.59 Å². The van der Waals surface area contributed by atoms with Crippen molar-refractivity contribution >= 4 is 23.2 Å². The van der Waals surface area contributed by atoms with Crippen molar-refractivity contribution in [2.75, 3.05) is 43.1 Å². The summed E-state index contributed by atoms with van der Waals surface area (Å²) in [7, 11) is 0. The van der Waals surface area contributed by atoms with Crippen LogP contribution in [0.3, 0.4) is 0 Å². The molecular formula is C26H31N3O3. The average molecular weight is 434 g/mol. The van der Waals surface area contributed by atoms with Crippen LogP contribution in [0, 0.1) is 0 Å². The fourth-order valence-electron chi connectivity index (χ4n) is 4.29. The van der Waals surface area contributed by atoms with Crippen LogP contribution in [0.5, 0.6) is 0 Å². The van der Waals surface area contributed by atoms with Crippen molar-refractivity contribution in [3.8, 4) is 0 Å². The third-order valence-corrected chi connectivity index (χ3v) is 6.12. The summed E-state index contributed by atoms with van der Waals surface area (Å²) in [5.41, 5.74) is 5.54. The monoisotopic (exact) mass is 433 g/mol. The van der Waals surface area contributed by atoms with Crippen LogP contribution in [-0.4, -0.2) is 49.6 Å². The predicted molar refractivity (Wildman–Crippen MR) is 127 cm³/mol. The number of amides is 2. The summed E-state index contributed by atoms with van der Waals surface area (Å²) in [5, 5.41) is 2.99. The number of nitrogens with one attached hydrogen (secondary N) is 1. The SMILES string of the molecule is CC/C=C(\C)C(=O)N1CCc2ccc(C(=O)Nc3ccc(N4CCOCC4)cc3)cc2C1. The second-order valence-electron chi connectivity index (χ2n) is 8.36. The van der Waals surface area contributed by atoms with Gasteiger partial charge in [0.05, 0.1) is 13.2 Å². The van der Waals surface area contributed by atoms with E-state index in [1.807, 2.05) is 67.3 Å². The highest BCUT2D eigenvalue weighted by Crippen LogP contribution is 2.23. The van der Waals surface area contributed by atoms with E-state index in [4.69, 9.17) is 4.74 Å². The minimum atomic E-state index is -0.141. The molecule has 0 radical (unpaired) electrons. The molecular weight excluding hydrogens is 402 g/mol. The van der Waals surface area contributed by atoms with E-state index in [0.29, 0.717) is 18.7 Å². The Balaban J connectivity index is 1.42. The molecule has 2 heterocycles. The Labute approximate surface area is 189 Å². The Morgan fingerprint density at radius 2 is 1.78 bits per heavy atom. The van der Waals surface area contributed by atoms with E-state index in [1.165, 1.54) is 5.56 Å². The molecule has 0 aliphatic carbocycles. The van der Waals surface area contributed by atoms with Crippen molar-refractivity contribution in [1.29, 1.82) is 0 Å². The highest BCUT2D eigenvalue weighted by atomic mass is 16.5. The molecule has 2 aromatic carbocycles. The molecule has 4 rings (SSSR count). The number of nitrogens with zero attached hydrogens (tertiary/aromatic N) is 2. The molecule has 0 atom stereocenters. The first-order valence-electron chi connectivity index (χ1n) is 11.4. The molecule has 0 bridgehead atoms. The van der Waals surface area contributed by atoms with Gasteiger partial charge in [0.1, 0.15) is 0 Å². The molecule has 1 N–H and O–H groups in total. The van der Waals surface area contributed by atoms with Gasteiger partial charge in [-0.2, -0.15) is 0 Å². The zero-order valence-corrected chi connectivity index (χ0v) is 18.9. The van der Waals surface area contributed by atoms with E-state index in [9.17, 15) is 9.59 Å². The van der Waals surface area contributed by atoms with Crippen molar-refractivity contribution in [3.05, 3.63) is 70.8 Å². The summed E-state index contributed by atoms with van der Waals surface area (Å²) >= 11 is 0. The standard InChI is InChI=1S/C26H31N3O3/c1-3-4-19(2)26(31)29-12-11-20-5-6-21(17-22(20)18-29)25(30)27-23-7-9-24(10-8-23)28-13-15-32-16-14-28/h4-10,17H,3,11-16,18H2,1-2H3,(H,27,30)/b19-4+. The van der Waals surface area contributed by atoms with Crippen molar-refractivity contribution in [3.63, 3.8) is 0 Å². The number of hydrogen-bond acceptors (Lipinski definition) is 4. The molecule has 0 unspecified atom stereocenters. The van der Waals surface area contributed by atoms with Crippen LogP contribution < -0.4 is 10.2 Å². The first kappa shape index (κ1) is 22.1. The Morgan fingerprint density at radius 1 is 1.03 bits per heavy atom. The lowest BCUT2D eigenvalue weighted by atomic mass is 9.96. The molecule has 1 saturated heterocycles. The number of anilines is 2. The number of hydrogen-bond donors (Lipinski definition) is 1. The van der Waals surface area contributed by atoms with Crippen molar-refractivity contribution < 1.29 is 14.3 Å². The topological polar surface area (TPSA) is 61.9 Å². The lowest BCUT2D eigenvalue weighted by Crippen LogP contribution is -2.36. The molecule has 32 heavy (non-hydrogen) atoms. The third-order valence-electron chi connectivity index (χ3n) is 6.12. The van der Waals surface area contributed by atoms with Gasteiger partial charge in [-0.1, -0.05) is 19.1 Å². The van der Waals surface area contributed by atoms with Gasteiger partial charge in [0, 0.05) is 48.7 Å². The molecule has 6 heteroatoms. The smallest absolute Gasteiger partial charge is 0.255 e. The fraction of sp³-hybridized carbons (Fsp3) is 0.385. The summed E-state index contributed by atoms with van der Waals surface area (Å²) in [4.78, 5) is 29.7. The first-order chi connectivity index (χ1) is 15.5. The number of morpholine rings is 1. The van der Waals surface area contributed by atoms with Gasteiger partial charge in [0.2, 0.25) is 5.91 Å². The normalized spacial score (nSPS) is 16.5. The van der Waals surface area contributed by atoms with Gasteiger partial charge in [-0.15, -0.1) is 0 Å². The van der Waals surface area contributed by atoms with Gasteiger partial charge in [-0.25, -0.2) is 0 Å². The van der Waals surface area contributed by atoms with Crippen LogP contribution in [-0.2, 0) is 22.5 Å². The Hall–Kier alpha value is -3.12. The molecule has 0 spiro atoms. The number of allylic oxidation sites excluding steroid dienone is 1. The van der Waals surface area contributed by atoms with Crippen LogP contribution in [0.4, 0.5) is 11.4 Å². The number of carbonyl (C=O) groups excluding carboxylic acids is 2. The molecule has 2 aromatic rings. The molecule has 2 aliphatic heterocycles. The summed E-state index contributed by atoms with van der Waals surface area (Å²) < 4.78 is 5.41. The quantitative estimate of drug-likeness (QED) is 0.724. The van der Waals surface area contributed by atoms with Gasteiger partial charge < -0.3 is 19.9 Å². The van der Waals surface area contributed by atoms with Crippen LogP contribution in [0.2, 0.25) is 0 Å². The van der Waals surface area contributed by atoms with Crippen LogP contribution in [0.1, 0.15) is 41.8 Å². The molecule has 1 fully saturated rings.